The molecule has 0 radical (unpaired) electrons. The van der Waals surface area contributed by atoms with Crippen LogP contribution in [0.25, 0.3) is 0 Å². The van der Waals surface area contributed by atoms with Crippen LogP contribution >= 0.6 is 22.9 Å². The molecule has 3 rings (SSSR count). The highest BCUT2D eigenvalue weighted by molar-refractivity contribution is 7.15. The Morgan fingerprint density at radius 1 is 1.37 bits per heavy atom. The second-order valence-corrected chi connectivity index (χ2v) is 8.97. The summed E-state index contributed by atoms with van der Waals surface area (Å²) in [5, 5.41) is 16.8. The largest absolute Gasteiger partial charge is 0.340 e. The Bertz CT molecular complexity index is 993. The highest BCUT2D eigenvalue weighted by Crippen LogP contribution is 2.28. The van der Waals surface area contributed by atoms with Crippen LogP contribution in [0.5, 0.6) is 0 Å². The molecule has 11 heteroatoms. The van der Waals surface area contributed by atoms with Gasteiger partial charge >= 0.3 is 0 Å². The van der Waals surface area contributed by atoms with Crippen LogP contribution in [0.2, 0.25) is 5.02 Å². The number of nitrogens with one attached hydrogen (secondary N) is 2. The zero-order valence-electron chi connectivity index (χ0n) is 16.8. The van der Waals surface area contributed by atoms with Gasteiger partial charge in [-0.15, -0.1) is 11.3 Å². The van der Waals surface area contributed by atoms with E-state index in [0.717, 1.165) is 36.1 Å². The van der Waals surface area contributed by atoms with Crippen LogP contribution in [-0.4, -0.2) is 46.3 Å². The minimum Gasteiger partial charge on any atom is -0.340 e. The standard InChI is InChI=1S/C19H22ClN5O4S/c1-10(2)16(22-17(26)12-5-4-11(25(28)29)8-13(12)20)18(27)23-19-21-14-6-7-24(3)9-15(14)30-19/h4-5,8,10,16H,6-7,9H2,1-3H3,(H,22,26)(H,21,23,27). The monoisotopic (exact) mass is 451 g/mol. The molecule has 0 fully saturated rings. The lowest BCUT2D eigenvalue weighted by Gasteiger charge is -2.21. The third-order valence-corrected chi connectivity index (χ3v) is 6.11. The normalized spacial score (nSPS) is 14.8. The molecule has 9 nitrogen and oxygen atoms in total. The van der Waals surface area contributed by atoms with Crippen molar-refractivity contribution < 1.29 is 14.5 Å². The summed E-state index contributed by atoms with van der Waals surface area (Å²) in [5.41, 5.74) is 0.845. The number of benzene rings is 1. The number of rotatable bonds is 6. The van der Waals surface area contributed by atoms with Crippen molar-refractivity contribution in [3.8, 4) is 0 Å². The first-order valence-corrected chi connectivity index (χ1v) is 10.6. The van der Waals surface area contributed by atoms with E-state index in [1.165, 1.54) is 23.5 Å². The molecule has 2 amide bonds. The molecule has 0 aliphatic carbocycles. The number of aromatic nitrogens is 1. The Morgan fingerprint density at radius 3 is 2.73 bits per heavy atom. The quantitative estimate of drug-likeness (QED) is 0.514. The first kappa shape index (κ1) is 22.1. The molecule has 1 aromatic carbocycles. The number of non-ortho nitro benzene ring substituents is 1. The van der Waals surface area contributed by atoms with E-state index in [9.17, 15) is 19.7 Å². The van der Waals surface area contributed by atoms with Crippen molar-refractivity contribution in [3.63, 3.8) is 0 Å². The van der Waals surface area contributed by atoms with Crippen LogP contribution in [0, 0.1) is 16.0 Å². The highest BCUT2D eigenvalue weighted by atomic mass is 35.5. The number of fused-ring (bicyclic) bond motifs is 1. The van der Waals surface area contributed by atoms with Gasteiger partial charge in [0.1, 0.15) is 6.04 Å². The van der Waals surface area contributed by atoms with Gasteiger partial charge in [0.25, 0.3) is 11.6 Å². The lowest BCUT2D eigenvalue weighted by molar-refractivity contribution is -0.384. The molecule has 1 atom stereocenters. The van der Waals surface area contributed by atoms with Gasteiger partial charge in [0, 0.05) is 36.5 Å². The van der Waals surface area contributed by atoms with Gasteiger partial charge in [0.15, 0.2) is 5.13 Å². The van der Waals surface area contributed by atoms with Crippen molar-refractivity contribution in [2.45, 2.75) is 32.9 Å². The van der Waals surface area contributed by atoms with Gasteiger partial charge in [-0.05, 0) is 19.0 Å². The topological polar surface area (TPSA) is 117 Å². The van der Waals surface area contributed by atoms with E-state index >= 15 is 0 Å². The van der Waals surface area contributed by atoms with Crippen molar-refractivity contribution in [1.82, 2.24) is 15.2 Å². The zero-order chi connectivity index (χ0) is 22.0. The number of thiazole rings is 1. The highest BCUT2D eigenvalue weighted by Gasteiger charge is 2.27. The average Bonchev–Trinajstić information content (AvgIpc) is 3.06. The summed E-state index contributed by atoms with van der Waals surface area (Å²) >= 11 is 7.47. The van der Waals surface area contributed by atoms with Gasteiger partial charge in [-0.25, -0.2) is 4.98 Å². The number of anilines is 1. The summed E-state index contributed by atoms with van der Waals surface area (Å²) in [7, 11) is 2.04. The fraction of sp³-hybridized carbons (Fsp3) is 0.421. The molecule has 0 saturated carbocycles. The van der Waals surface area contributed by atoms with E-state index in [2.05, 4.69) is 20.5 Å². The molecule has 2 heterocycles. The minimum atomic E-state index is -0.827. The van der Waals surface area contributed by atoms with E-state index in [0.29, 0.717) is 5.13 Å². The molecule has 0 saturated heterocycles. The maximum Gasteiger partial charge on any atom is 0.270 e. The van der Waals surface area contributed by atoms with Crippen molar-refractivity contribution in [1.29, 1.82) is 0 Å². The average molecular weight is 452 g/mol. The molecular formula is C19H22ClN5O4S. The van der Waals surface area contributed by atoms with Gasteiger partial charge in [-0.2, -0.15) is 0 Å². The molecular weight excluding hydrogens is 430 g/mol. The molecule has 160 valence electrons. The third kappa shape index (κ3) is 4.94. The van der Waals surface area contributed by atoms with Crippen molar-refractivity contribution >= 4 is 45.6 Å². The Balaban J connectivity index is 1.72. The number of nitro benzene ring substituents is 1. The smallest absolute Gasteiger partial charge is 0.270 e. The van der Waals surface area contributed by atoms with Crippen molar-refractivity contribution in [3.05, 3.63) is 49.5 Å². The molecule has 2 aromatic rings. The number of halogens is 1. The first-order valence-electron chi connectivity index (χ1n) is 9.38. The van der Waals surface area contributed by atoms with Crippen LogP contribution in [0.15, 0.2) is 18.2 Å². The van der Waals surface area contributed by atoms with Crippen molar-refractivity contribution in [2.24, 2.45) is 5.92 Å². The Kier molecular flexibility index (Phi) is 6.69. The lowest BCUT2D eigenvalue weighted by Crippen LogP contribution is -2.47. The van der Waals surface area contributed by atoms with Crippen molar-refractivity contribution in [2.75, 3.05) is 18.9 Å². The van der Waals surface area contributed by atoms with Gasteiger partial charge in [-0.3, -0.25) is 19.7 Å². The van der Waals surface area contributed by atoms with Crippen LogP contribution < -0.4 is 10.6 Å². The molecule has 1 aliphatic heterocycles. The van der Waals surface area contributed by atoms with E-state index < -0.39 is 16.9 Å². The number of nitrogens with zero attached hydrogens (tertiary/aromatic N) is 3. The SMILES string of the molecule is CC(C)C(NC(=O)c1ccc([N+](=O)[O-])cc1Cl)C(=O)Nc1nc2c(s1)CN(C)CC2. The molecule has 1 unspecified atom stereocenters. The minimum absolute atomic E-state index is 0.0543. The Morgan fingerprint density at radius 2 is 2.10 bits per heavy atom. The number of nitro groups is 1. The van der Waals surface area contributed by atoms with Crippen LogP contribution in [0.1, 0.15) is 34.8 Å². The summed E-state index contributed by atoms with van der Waals surface area (Å²) < 4.78 is 0. The predicted octanol–water partition coefficient (Wildman–Crippen LogP) is 3.09. The molecule has 1 aliphatic rings. The number of carbonyl (C=O) groups is 2. The van der Waals surface area contributed by atoms with Crippen LogP contribution in [0.3, 0.4) is 0 Å². The number of hydrogen-bond donors (Lipinski definition) is 2. The van der Waals surface area contributed by atoms with E-state index in [1.807, 2.05) is 20.9 Å². The number of amides is 2. The second kappa shape index (κ2) is 9.07. The first-order chi connectivity index (χ1) is 14.2. The second-order valence-electron chi connectivity index (χ2n) is 7.48. The fourth-order valence-corrected chi connectivity index (χ4v) is 4.47. The molecule has 0 spiro atoms. The lowest BCUT2D eigenvalue weighted by atomic mass is 10.0. The number of carbonyl (C=O) groups excluding carboxylic acids is 2. The molecule has 1 aromatic heterocycles. The zero-order valence-corrected chi connectivity index (χ0v) is 18.3. The van der Waals surface area contributed by atoms with Crippen LogP contribution in [0.4, 0.5) is 10.8 Å². The van der Waals surface area contributed by atoms with E-state index in [-0.39, 0.29) is 28.1 Å². The van der Waals surface area contributed by atoms with E-state index in [1.54, 1.807) is 0 Å². The summed E-state index contributed by atoms with van der Waals surface area (Å²) in [6.07, 6.45) is 0.835. The van der Waals surface area contributed by atoms with Gasteiger partial charge < -0.3 is 15.5 Å². The molecule has 30 heavy (non-hydrogen) atoms. The van der Waals surface area contributed by atoms with Gasteiger partial charge in [-0.1, -0.05) is 25.4 Å². The van der Waals surface area contributed by atoms with E-state index in [4.69, 9.17) is 11.6 Å². The third-order valence-electron chi connectivity index (χ3n) is 4.80. The molecule has 2 N–H and O–H groups in total. The van der Waals surface area contributed by atoms with Gasteiger partial charge in [0.2, 0.25) is 5.91 Å². The maximum atomic E-state index is 12.8. The predicted molar refractivity (Wildman–Crippen MR) is 115 cm³/mol. The number of likely N-dealkylation sites (N-methyl/N-ethyl adjacent to an activating group) is 1. The summed E-state index contributed by atoms with van der Waals surface area (Å²) in [5.74, 6) is -1.16. The Labute approximate surface area is 182 Å². The fourth-order valence-electron chi connectivity index (χ4n) is 3.12. The molecule has 0 bridgehead atoms. The number of hydrogen-bond acceptors (Lipinski definition) is 7. The van der Waals surface area contributed by atoms with Gasteiger partial charge in [0.05, 0.1) is 21.2 Å². The van der Waals surface area contributed by atoms with Crippen LogP contribution in [-0.2, 0) is 17.8 Å². The maximum absolute atomic E-state index is 12.8. The Hall–Kier alpha value is -2.56. The summed E-state index contributed by atoms with van der Waals surface area (Å²) in [4.78, 5) is 43.6. The summed E-state index contributed by atoms with van der Waals surface area (Å²) in [6.45, 7) is 5.34. The summed E-state index contributed by atoms with van der Waals surface area (Å²) in [6, 6.07) is 2.75.